The number of sulfonamides is 1. The standard InChI is InChI=1S/C8H19N3O3S/c1-8(2,10-3)7(12)11-5-4-6-15(9,13)14/h10H,4-6H2,1-3H3,(H,11,12)(H2,9,13,14). The molecule has 0 saturated heterocycles. The molecule has 0 aromatic heterocycles. The Labute approximate surface area is 90.7 Å². The number of carbonyl (C=O) groups excluding carboxylic acids is 1. The zero-order valence-electron chi connectivity index (χ0n) is 9.33. The third kappa shape index (κ3) is 6.43. The molecule has 0 radical (unpaired) electrons. The van der Waals surface area contributed by atoms with Gasteiger partial charge in [0.1, 0.15) is 0 Å². The van der Waals surface area contributed by atoms with Crippen LogP contribution in [0, 0.1) is 0 Å². The van der Waals surface area contributed by atoms with Crippen molar-refractivity contribution in [2.75, 3.05) is 19.3 Å². The van der Waals surface area contributed by atoms with Crippen molar-refractivity contribution in [3.05, 3.63) is 0 Å². The number of rotatable bonds is 6. The Morgan fingerprint density at radius 2 is 1.93 bits per heavy atom. The third-order valence-corrected chi connectivity index (χ3v) is 2.94. The van der Waals surface area contributed by atoms with Gasteiger partial charge in [0.2, 0.25) is 15.9 Å². The first-order chi connectivity index (χ1) is 6.69. The Hall–Kier alpha value is -0.660. The van der Waals surface area contributed by atoms with Crippen molar-refractivity contribution < 1.29 is 13.2 Å². The fourth-order valence-electron chi connectivity index (χ4n) is 0.810. The Morgan fingerprint density at radius 1 is 1.40 bits per heavy atom. The lowest BCUT2D eigenvalue weighted by Crippen LogP contribution is -2.51. The van der Waals surface area contributed by atoms with Crippen LogP contribution in [0.3, 0.4) is 0 Å². The number of amides is 1. The summed E-state index contributed by atoms with van der Waals surface area (Å²) in [5.41, 5.74) is -0.651. The van der Waals surface area contributed by atoms with E-state index in [1.165, 1.54) is 0 Å². The number of hydrogen-bond donors (Lipinski definition) is 3. The van der Waals surface area contributed by atoms with Crippen LogP contribution in [0.1, 0.15) is 20.3 Å². The van der Waals surface area contributed by atoms with Crippen LogP contribution in [0.25, 0.3) is 0 Å². The average molecular weight is 237 g/mol. The molecule has 7 heteroatoms. The number of nitrogens with one attached hydrogen (secondary N) is 2. The topological polar surface area (TPSA) is 101 Å². The van der Waals surface area contributed by atoms with E-state index in [1.54, 1.807) is 20.9 Å². The summed E-state index contributed by atoms with van der Waals surface area (Å²) in [6, 6.07) is 0. The summed E-state index contributed by atoms with van der Waals surface area (Å²) in [6.45, 7) is 3.78. The number of nitrogens with two attached hydrogens (primary N) is 1. The minimum Gasteiger partial charge on any atom is -0.354 e. The smallest absolute Gasteiger partial charge is 0.239 e. The summed E-state index contributed by atoms with van der Waals surface area (Å²) >= 11 is 0. The number of carbonyl (C=O) groups is 1. The van der Waals surface area contributed by atoms with Gasteiger partial charge in [0.05, 0.1) is 11.3 Å². The molecule has 0 aromatic rings. The largest absolute Gasteiger partial charge is 0.354 e. The van der Waals surface area contributed by atoms with Crippen molar-refractivity contribution >= 4 is 15.9 Å². The molecule has 0 aliphatic heterocycles. The Kier molecular flexibility index (Phi) is 5.19. The lowest BCUT2D eigenvalue weighted by Gasteiger charge is -2.22. The molecular formula is C8H19N3O3S. The second-order valence-corrected chi connectivity index (χ2v) is 5.59. The van der Waals surface area contributed by atoms with Crippen molar-refractivity contribution in [3.63, 3.8) is 0 Å². The zero-order valence-corrected chi connectivity index (χ0v) is 10.1. The lowest BCUT2D eigenvalue weighted by atomic mass is 10.1. The fraction of sp³-hybridized carbons (Fsp3) is 0.875. The van der Waals surface area contributed by atoms with E-state index in [0.29, 0.717) is 13.0 Å². The summed E-state index contributed by atoms with van der Waals surface area (Å²) in [6.07, 6.45) is 0.324. The van der Waals surface area contributed by atoms with Gasteiger partial charge < -0.3 is 10.6 Å². The summed E-state index contributed by atoms with van der Waals surface area (Å²) in [5.74, 6) is -0.285. The van der Waals surface area contributed by atoms with E-state index in [9.17, 15) is 13.2 Å². The van der Waals surface area contributed by atoms with Gasteiger partial charge in [0, 0.05) is 6.54 Å². The zero-order chi connectivity index (χ0) is 12.1. The van der Waals surface area contributed by atoms with Gasteiger partial charge in [0.15, 0.2) is 0 Å². The molecule has 6 nitrogen and oxygen atoms in total. The van der Waals surface area contributed by atoms with E-state index in [-0.39, 0.29) is 11.7 Å². The molecule has 0 bridgehead atoms. The van der Waals surface area contributed by atoms with Crippen molar-refractivity contribution in [3.8, 4) is 0 Å². The van der Waals surface area contributed by atoms with E-state index in [2.05, 4.69) is 10.6 Å². The molecule has 0 heterocycles. The summed E-state index contributed by atoms with van der Waals surface area (Å²) < 4.78 is 21.2. The van der Waals surface area contributed by atoms with Crippen LogP contribution in [-0.4, -0.2) is 39.2 Å². The highest BCUT2D eigenvalue weighted by Crippen LogP contribution is 1.99. The highest BCUT2D eigenvalue weighted by Gasteiger charge is 2.24. The molecule has 0 aliphatic carbocycles. The van der Waals surface area contributed by atoms with Crippen LogP contribution < -0.4 is 15.8 Å². The summed E-state index contributed by atoms with van der Waals surface area (Å²) in [4.78, 5) is 11.5. The van der Waals surface area contributed by atoms with Crippen LogP contribution >= 0.6 is 0 Å². The van der Waals surface area contributed by atoms with Crippen molar-refractivity contribution in [2.45, 2.75) is 25.8 Å². The second kappa shape index (κ2) is 5.43. The Balaban J connectivity index is 3.84. The predicted octanol–water partition coefficient (Wildman–Crippen LogP) is -1.22. The maximum Gasteiger partial charge on any atom is 0.239 e. The van der Waals surface area contributed by atoms with Crippen LogP contribution in [0.4, 0.5) is 0 Å². The first-order valence-corrected chi connectivity index (χ1v) is 6.38. The monoisotopic (exact) mass is 237 g/mol. The van der Waals surface area contributed by atoms with E-state index in [1.807, 2.05) is 0 Å². The average Bonchev–Trinajstić information content (AvgIpc) is 2.10. The van der Waals surface area contributed by atoms with Crippen LogP contribution in [0.5, 0.6) is 0 Å². The number of hydrogen-bond acceptors (Lipinski definition) is 4. The summed E-state index contributed by atoms with van der Waals surface area (Å²) in [5, 5.41) is 10.3. The van der Waals surface area contributed by atoms with Crippen LogP contribution in [-0.2, 0) is 14.8 Å². The molecule has 4 N–H and O–H groups in total. The van der Waals surface area contributed by atoms with E-state index >= 15 is 0 Å². The van der Waals surface area contributed by atoms with Gasteiger partial charge in [-0.3, -0.25) is 4.79 Å². The minimum atomic E-state index is -3.43. The lowest BCUT2D eigenvalue weighted by molar-refractivity contribution is -0.126. The molecule has 0 aromatic carbocycles. The highest BCUT2D eigenvalue weighted by atomic mass is 32.2. The molecule has 15 heavy (non-hydrogen) atoms. The molecule has 1 amide bonds. The summed E-state index contributed by atoms with van der Waals surface area (Å²) in [7, 11) is -1.75. The van der Waals surface area contributed by atoms with Crippen molar-refractivity contribution in [2.24, 2.45) is 5.14 Å². The SMILES string of the molecule is CNC(C)(C)C(=O)NCCCS(N)(=O)=O. The molecule has 0 unspecified atom stereocenters. The van der Waals surface area contributed by atoms with Crippen LogP contribution in [0.2, 0.25) is 0 Å². The van der Waals surface area contributed by atoms with Crippen LogP contribution in [0.15, 0.2) is 0 Å². The van der Waals surface area contributed by atoms with Gasteiger partial charge in [0.25, 0.3) is 0 Å². The van der Waals surface area contributed by atoms with E-state index < -0.39 is 15.6 Å². The molecule has 0 atom stereocenters. The maximum atomic E-state index is 11.5. The van der Waals surface area contributed by atoms with Gasteiger partial charge in [-0.25, -0.2) is 13.6 Å². The molecular weight excluding hydrogens is 218 g/mol. The first-order valence-electron chi connectivity index (χ1n) is 4.67. The molecule has 0 spiro atoms. The Morgan fingerprint density at radius 3 is 2.33 bits per heavy atom. The quantitative estimate of drug-likeness (QED) is 0.504. The molecule has 0 rings (SSSR count). The normalized spacial score (nSPS) is 12.5. The Bertz CT molecular complexity index is 311. The second-order valence-electron chi connectivity index (χ2n) is 3.85. The van der Waals surface area contributed by atoms with Crippen molar-refractivity contribution in [1.82, 2.24) is 10.6 Å². The third-order valence-electron chi connectivity index (χ3n) is 2.08. The predicted molar refractivity (Wildman–Crippen MR) is 58.7 cm³/mol. The van der Waals surface area contributed by atoms with Gasteiger partial charge in [-0.15, -0.1) is 0 Å². The highest BCUT2D eigenvalue weighted by molar-refractivity contribution is 7.89. The van der Waals surface area contributed by atoms with Gasteiger partial charge in [-0.05, 0) is 27.3 Å². The van der Waals surface area contributed by atoms with Crippen molar-refractivity contribution in [1.29, 1.82) is 0 Å². The molecule has 90 valence electrons. The maximum absolute atomic E-state index is 11.5. The number of likely N-dealkylation sites (N-methyl/N-ethyl adjacent to an activating group) is 1. The van der Waals surface area contributed by atoms with E-state index in [0.717, 1.165) is 0 Å². The van der Waals surface area contributed by atoms with Gasteiger partial charge >= 0.3 is 0 Å². The molecule has 0 aliphatic rings. The molecule has 0 saturated carbocycles. The molecule has 0 fully saturated rings. The van der Waals surface area contributed by atoms with Gasteiger partial charge in [-0.2, -0.15) is 0 Å². The fourth-order valence-corrected chi connectivity index (χ4v) is 1.36. The van der Waals surface area contributed by atoms with Gasteiger partial charge in [-0.1, -0.05) is 0 Å². The van der Waals surface area contributed by atoms with E-state index in [4.69, 9.17) is 5.14 Å². The minimum absolute atomic E-state index is 0.118. The first kappa shape index (κ1) is 14.3. The number of primary sulfonamides is 1.